The quantitative estimate of drug-likeness (QED) is 0.367. The summed E-state index contributed by atoms with van der Waals surface area (Å²) in [4.78, 5) is 17.4. The summed E-state index contributed by atoms with van der Waals surface area (Å²) in [5.74, 6) is 2.68. The van der Waals surface area contributed by atoms with Gasteiger partial charge in [0.05, 0.1) is 0 Å². The molecule has 0 aliphatic heterocycles. The maximum atomic E-state index is 12.9. The Labute approximate surface area is 191 Å². The second-order valence-corrected chi connectivity index (χ2v) is 8.30. The molecule has 5 heteroatoms. The molecule has 0 saturated carbocycles. The highest BCUT2D eigenvalue weighted by atomic mass is 16.5. The van der Waals surface area contributed by atoms with Crippen LogP contribution in [0.1, 0.15) is 67.2 Å². The number of nitrogens with two attached hydrogens (primary N) is 1. The van der Waals surface area contributed by atoms with Gasteiger partial charge >= 0.3 is 0 Å². The van der Waals surface area contributed by atoms with Gasteiger partial charge in [0.2, 0.25) is 0 Å². The molecule has 0 fully saturated rings. The van der Waals surface area contributed by atoms with Crippen molar-refractivity contribution in [1.29, 1.82) is 0 Å². The number of pyridine rings is 1. The monoisotopic (exact) mass is 431 g/mol. The average Bonchev–Trinajstić information content (AvgIpc) is 2.79. The summed E-state index contributed by atoms with van der Waals surface area (Å²) in [5.41, 5.74) is 9.93. The lowest BCUT2D eigenvalue weighted by Gasteiger charge is -2.21. The first-order valence-electron chi connectivity index (χ1n) is 11.3. The molecule has 2 aromatic carbocycles. The van der Waals surface area contributed by atoms with Crippen LogP contribution in [0, 0.1) is 12.8 Å². The number of Topliss-reactive ketones (excluding diaryl/α,β-unsaturated/α-hetero) is 1. The highest BCUT2D eigenvalue weighted by Crippen LogP contribution is 2.29. The number of nitrogen functional groups attached to an aromatic ring is 1. The van der Waals surface area contributed by atoms with Crippen molar-refractivity contribution in [3.05, 3.63) is 76.9 Å². The molecular weight excluding hydrogens is 398 g/mol. The van der Waals surface area contributed by atoms with Crippen molar-refractivity contribution >= 4 is 17.4 Å². The fourth-order valence-electron chi connectivity index (χ4n) is 3.59. The third kappa shape index (κ3) is 5.47. The number of benzene rings is 2. The van der Waals surface area contributed by atoms with Crippen LogP contribution in [0.15, 0.2) is 54.6 Å². The molecule has 1 aromatic heterocycles. The minimum Gasteiger partial charge on any atom is -0.457 e. The molecule has 32 heavy (non-hydrogen) atoms. The minimum atomic E-state index is -0.0477. The van der Waals surface area contributed by atoms with Gasteiger partial charge in [-0.15, -0.1) is 0 Å². The molecule has 168 valence electrons. The molecule has 3 aromatic rings. The van der Waals surface area contributed by atoms with Gasteiger partial charge in [0.15, 0.2) is 5.78 Å². The number of aromatic nitrogens is 1. The van der Waals surface area contributed by atoms with Crippen LogP contribution in [0.2, 0.25) is 0 Å². The normalized spacial score (nSPS) is 12.8. The Kier molecular flexibility index (Phi) is 7.52. The molecule has 2 atom stereocenters. The van der Waals surface area contributed by atoms with Crippen LogP contribution in [-0.2, 0) is 6.42 Å². The number of anilines is 2. The summed E-state index contributed by atoms with van der Waals surface area (Å²) >= 11 is 0. The number of aryl methyl sites for hydroxylation is 1. The molecule has 1 heterocycles. The largest absolute Gasteiger partial charge is 0.457 e. The zero-order valence-electron chi connectivity index (χ0n) is 19.6. The first-order chi connectivity index (χ1) is 15.3. The van der Waals surface area contributed by atoms with E-state index >= 15 is 0 Å². The molecule has 3 N–H and O–H groups in total. The second kappa shape index (κ2) is 10.3. The van der Waals surface area contributed by atoms with E-state index < -0.39 is 0 Å². The third-order valence-corrected chi connectivity index (χ3v) is 5.81. The summed E-state index contributed by atoms with van der Waals surface area (Å²) in [6.07, 6.45) is 1.49. The summed E-state index contributed by atoms with van der Waals surface area (Å²) in [5, 5.41) is 3.46. The molecule has 0 aliphatic carbocycles. The highest BCUT2D eigenvalue weighted by molar-refractivity contribution is 6.00. The standard InChI is InChI=1S/C27H33N3O2/c1-6-18(4)26(31)24-16-25(28)30-27(23(24)7-2)29-19(5)20-10-14-22(15-11-20)32-21-12-8-17(3)9-13-21/h8-16,18-19H,6-7H2,1-5H3,(H3,28,29,30)/t18?,19-/m0/s1. The molecule has 1 unspecified atom stereocenters. The number of ketones is 1. The van der Waals surface area contributed by atoms with Gasteiger partial charge in [-0.3, -0.25) is 4.79 Å². The lowest BCUT2D eigenvalue weighted by atomic mass is 9.93. The van der Waals surface area contributed by atoms with E-state index in [2.05, 4.69) is 24.1 Å². The number of nitrogens with one attached hydrogen (secondary N) is 1. The van der Waals surface area contributed by atoms with Crippen molar-refractivity contribution in [2.75, 3.05) is 11.1 Å². The van der Waals surface area contributed by atoms with E-state index in [1.807, 2.05) is 69.3 Å². The lowest BCUT2D eigenvalue weighted by Crippen LogP contribution is -2.17. The molecule has 0 saturated heterocycles. The zero-order valence-corrected chi connectivity index (χ0v) is 19.6. The van der Waals surface area contributed by atoms with Gasteiger partial charge < -0.3 is 15.8 Å². The van der Waals surface area contributed by atoms with E-state index in [1.165, 1.54) is 5.56 Å². The van der Waals surface area contributed by atoms with Crippen molar-refractivity contribution in [3.63, 3.8) is 0 Å². The van der Waals surface area contributed by atoms with Crippen molar-refractivity contribution in [2.45, 2.75) is 53.5 Å². The van der Waals surface area contributed by atoms with Crippen molar-refractivity contribution in [2.24, 2.45) is 5.92 Å². The topological polar surface area (TPSA) is 77.2 Å². The maximum Gasteiger partial charge on any atom is 0.166 e. The molecule has 3 rings (SSSR count). The van der Waals surface area contributed by atoms with Gasteiger partial charge in [-0.1, -0.05) is 50.6 Å². The summed E-state index contributed by atoms with van der Waals surface area (Å²) < 4.78 is 5.93. The predicted octanol–water partition coefficient (Wildman–Crippen LogP) is 6.73. The van der Waals surface area contributed by atoms with E-state index in [1.54, 1.807) is 6.07 Å². The second-order valence-electron chi connectivity index (χ2n) is 8.30. The van der Waals surface area contributed by atoms with E-state index in [9.17, 15) is 4.79 Å². The van der Waals surface area contributed by atoms with Crippen molar-refractivity contribution < 1.29 is 9.53 Å². The third-order valence-electron chi connectivity index (χ3n) is 5.81. The first kappa shape index (κ1) is 23.3. The Balaban J connectivity index is 1.79. The smallest absolute Gasteiger partial charge is 0.166 e. The van der Waals surface area contributed by atoms with Crippen LogP contribution in [0.3, 0.4) is 0 Å². The van der Waals surface area contributed by atoms with E-state index in [4.69, 9.17) is 10.5 Å². The highest BCUT2D eigenvalue weighted by Gasteiger charge is 2.21. The predicted molar refractivity (Wildman–Crippen MR) is 132 cm³/mol. The molecular formula is C27H33N3O2. The van der Waals surface area contributed by atoms with Crippen molar-refractivity contribution in [3.8, 4) is 11.5 Å². The van der Waals surface area contributed by atoms with E-state index in [0.29, 0.717) is 23.6 Å². The average molecular weight is 432 g/mol. The Morgan fingerprint density at radius 2 is 1.62 bits per heavy atom. The van der Waals surface area contributed by atoms with Gasteiger partial charge in [-0.05, 0) is 62.6 Å². The SMILES string of the molecule is CCc1c(C(=O)C(C)CC)cc(N)nc1N[C@@H](C)c1ccc(Oc2ccc(C)cc2)cc1. The molecule has 0 aliphatic rings. The van der Waals surface area contributed by atoms with Gasteiger partial charge in [0, 0.05) is 23.1 Å². The zero-order chi connectivity index (χ0) is 23.3. The van der Waals surface area contributed by atoms with Gasteiger partial charge in [0.1, 0.15) is 23.1 Å². The number of ether oxygens (including phenoxy) is 1. The Morgan fingerprint density at radius 1 is 1.03 bits per heavy atom. The van der Waals surface area contributed by atoms with Gasteiger partial charge in [0.25, 0.3) is 0 Å². The van der Waals surface area contributed by atoms with Crippen LogP contribution in [-0.4, -0.2) is 10.8 Å². The summed E-state index contributed by atoms with van der Waals surface area (Å²) in [6, 6.07) is 17.6. The Hall–Kier alpha value is -3.34. The van der Waals surface area contributed by atoms with Crippen LogP contribution in [0.25, 0.3) is 0 Å². The summed E-state index contributed by atoms with van der Waals surface area (Å²) in [7, 11) is 0. The van der Waals surface area contributed by atoms with E-state index in [0.717, 1.165) is 29.0 Å². The Bertz CT molecular complexity index is 1060. The van der Waals surface area contributed by atoms with Crippen LogP contribution in [0.4, 0.5) is 11.6 Å². The lowest BCUT2D eigenvalue weighted by molar-refractivity contribution is 0.0926. The number of nitrogens with zero attached hydrogens (tertiary/aromatic N) is 1. The maximum absolute atomic E-state index is 12.9. The van der Waals surface area contributed by atoms with Crippen LogP contribution < -0.4 is 15.8 Å². The molecule has 0 radical (unpaired) electrons. The summed E-state index contributed by atoms with van der Waals surface area (Å²) in [6.45, 7) is 10.1. The number of carbonyl (C=O) groups is 1. The van der Waals surface area contributed by atoms with Crippen LogP contribution in [0.5, 0.6) is 11.5 Å². The molecule has 5 nitrogen and oxygen atoms in total. The minimum absolute atomic E-state index is 0.0189. The van der Waals surface area contributed by atoms with Gasteiger partial charge in [-0.2, -0.15) is 0 Å². The van der Waals surface area contributed by atoms with Crippen molar-refractivity contribution in [1.82, 2.24) is 4.98 Å². The van der Waals surface area contributed by atoms with E-state index in [-0.39, 0.29) is 17.7 Å². The number of hydrogen-bond donors (Lipinski definition) is 2. The fraction of sp³-hybridized carbons (Fsp3) is 0.333. The first-order valence-corrected chi connectivity index (χ1v) is 11.3. The number of carbonyl (C=O) groups excluding carboxylic acids is 1. The number of hydrogen-bond acceptors (Lipinski definition) is 5. The molecule has 0 spiro atoms. The van der Waals surface area contributed by atoms with Crippen LogP contribution >= 0.6 is 0 Å². The number of rotatable bonds is 9. The fourth-order valence-corrected chi connectivity index (χ4v) is 3.59. The van der Waals surface area contributed by atoms with Gasteiger partial charge in [-0.25, -0.2) is 4.98 Å². The molecule has 0 bridgehead atoms. The molecule has 0 amide bonds. The Morgan fingerprint density at radius 3 is 2.19 bits per heavy atom.